The van der Waals surface area contributed by atoms with Crippen molar-refractivity contribution in [2.24, 2.45) is 5.92 Å². The summed E-state index contributed by atoms with van der Waals surface area (Å²) >= 11 is 0. The van der Waals surface area contributed by atoms with Crippen LogP contribution in [0.1, 0.15) is 23.2 Å². The molecule has 8 heteroatoms. The van der Waals surface area contributed by atoms with Crippen LogP contribution in [0.3, 0.4) is 0 Å². The van der Waals surface area contributed by atoms with E-state index < -0.39 is 23.7 Å². The highest BCUT2D eigenvalue weighted by Crippen LogP contribution is 2.62. The molecule has 0 radical (unpaired) electrons. The molecule has 0 spiro atoms. The fourth-order valence-corrected chi connectivity index (χ4v) is 3.22. The summed E-state index contributed by atoms with van der Waals surface area (Å²) in [4.78, 5) is 17.8. The van der Waals surface area contributed by atoms with Gasteiger partial charge in [0.15, 0.2) is 5.82 Å². The van der Waals surface area contributed by atoms with Crippen molar-refractivity contribution in [2.45, 2.75) is 31.5 Å². The zero-order valence-electron chi connectivity index (χ0n) is 13.6. The maximum Gasteiger partial charge on any atom is 0.268 e. The molecule has 1 amide bonds. The molecule has 2 heterocycles. The van der Waals surface area contributed by atoms with E-state index in [1.165, 1.54) is 4.90 Å². The van der Waals surface area contributed by atoms with Gasteiger partial charge < -0.3 is 14.2 Å². The summed E-state index contributed by atoms with van der Waals surface area (Å²) < 4.78 is 38.6. The van der Waals surface area contributed by atoms with Crippen molar-refractivity contribution in [3.05, 3.63) is 47.6 Å². The lowest BCUT2D eigenvalue weighted by Crippen LogP contribution is -2.55. The molecule has 2 fully saturated rings. The molecule has 2 atom stereocenters. The summed E-state index contributed by atoms with van der Waals surface area (Å²) in [5.74, 6) is -4.90. The lowest BCUT2D eigenvalue weighted by molar-refractivity contribution is -0.150. The Morgan fingerprint density at radius 3 is 2.72 bits per heavy atom. The van der Waals surface area contributed by atoms with Crippen molar-refractivity contribution >= 4 is 5.91 Å². The van der Waals surface area contributed by atoms with Gasteiger partial charge in [0.1, 0.15) is 12.5 Å². The third-order valence-corrected chi connectivity index (χ3v) is 4.65. The van der Waals surface area contributed by atoms with Crippen LogP contribution < -0.4 is 0 Å². The van der Waals surface area contributed by atoms with Gasteiger partial charge in [-0.2, -0.15) is 4.98 Å². The predicted octanol–water partition coefficient (Wildman–Crippen LogP) is 2.15. The molecule has 2 aromatic rings. The minimum absolute atomic E-state index is 0.153. The molecule has 1 saturated carbocycles. The maximum atomic E-state index is 14.1. The number of alkyl halides is 2. The lowest BCUT2D eigenvalue weighted by atomic mass is 10.1. The van der Waals surface area contributed by atoms with Crippen molar-refractivity contribution in [2.75, 3.05) is 13.1 Å². The number of likely N-dealkylation sites (tertiary alicyclic amines) is 1. The number of aromatic nitrogens is 2. The average molecular weight is 349 g/mol. The average Bonchev–Trinajstić information content (AvgIpc) is 2.89. The number of hydrogen-bond donors (Lipinski definition) is 0. The Hall–Kier alpha value is -2.35. The van der Waals surface area contributed by atoms with Gasteiger partial charge in [-0.15, -0.1) is 0 Å². The number of benzene rings is 1. The molecule has 4 rings (SSSR count). The van der Waals surface area contributed by atoms with Crippen molar-refractivity contribution in [1.29, 1.82) is 0 Å². The van der Waals surface area contributed by atoms with Crippen molar-refractivity contribution in [1.82, 2.24) is 15.0 Å². The van der Waals surface area contributed by atoms with E-state index in [-0.39, 0.29) is 12.7 Å². The molecule has 0 N–H and O–H groups in total. The summed E-state index contributed by atoms with van der Waals surface area (Å²) in [5, 5.41) is 3.65. The molecule has 2 aliphatic rings. The third-order valence-electron chi connectivity index (χ3n) is 4.65. The Morgan fingerprint density at radius 2 is 2.08 bits per heavy atom. The fourth-order valence-electron chi connectivity index (χ4n) is 3.22. The number of carbonyl (C=O) groups is 1. The number of ether oxygens (including phenoxy) is 1. The highest BCUT2D eigenvalue weighted by Gasteiger charge is 2.73. The van der Waals surface area contributed by atoms with Crippen LogP contribution in [0.5, 0.6) is 0 Å². The van der Waals surface area contributed by atoms with Crippen molar-refractivity contribution in [3.8, 4) is 0 Å². The largest absolute Gasteiger partial charge is 0.365 e. The Kier molecular flexibility index (Phi) is 3.79. The molecule has 1 aliphatic carbocycles. The second-order valence-electron chi connectivity index (χ2n) is 6.45. The van der Waals surface area contributed by atoms with Crippen molar-refractivity contribution < 1.29 is 22.8 Å². The van der Waals surface area contributed by atoms with E-state index in [9.17, 15) is 13.6 Å². The Bertz CT molecular complexity index is 774. The van der Waals surface area contributed by atoms with Gasteiger partial charge in [0.2, 0.25) is 5.91 Å². The maximum absolute atomic E-state index is 14.1. The van der Waals surface area contributed by atoms with Gasteiger partial charge in [-0.25, -0.2) is 8.78 Å². The number of aryl methyl sites for hydroxylation is 1. The molecule has 6 nitrogen and oxygen atoms in total. The van der Waals surface area contributed by atoms with Crippen LogP contribution in [-0.2, 0) is 16.1 Å². The molecule has 132 valence electrons. The van der Waals surface area contributed by atoms with Crippen LogP contribution in [0.4, 0.5) is 8.78 Å². The molecule has 0 unspecified atom stereocenters. The molecular formula is C17H17F2N3O3. The summed E-state index contributed by atoms with van der Waals surface area (Å²) in [5.41, 5.74) is 0.505. The van der Waals surface area contributed by atoms with E-state index in [4.69, 9.17) is 9.26 Å². The first-order valence-corrected chi connectivity index (χ1v) is 8.09. The number of carbonyl (C=O) groups excluding carboxylic acids is 1. The van der Waals surface area contributed by atoms with Crippen LogP contribution in [0.15, 0.2) is 34.9 Å². The zero-order chi connectivity index (χ0) is 17.6. The number of rotatable bonds is 5. The predicted molar refractivity (Wildman–Crippen MR) is 81.8 cm³/mol. The van der Waals surface area contributed by atoms with Crippen LogP contribution in [0.2, 0.25) is 0 Å². The first-order valence-electron chi connectivity index (χ1n) is 8.09. The van der Waals surface area contributed by atoms with E-state index in [0.717, 1.165) is 0 Å². The monoisotopic (exact) mass is 349 g/mol. The van der Waals surface area contributed by atoms with E-state index >= 15 is 0 Å². The topological polar surface area (TPSA) is 68.5 Å². The van der Waals surface area contributed by atoms with E-state index in [2.05, 4.69) is 10.1 Å². The van der Waals surface area contributed by atoms with Crippen LogP contribution in [-0.4, -0.2) is 46.1 Å². The fraction of sp³-hybridized carbons (Fsp3) is 0.471. The number of halogens is 2. The second-order valence-corrected chi connectivity index (χ2v) is 6.45. The van der Waals surface area contributed by atoms with Gasteiger partial charge in [-0.1, -0.05) is 35.5 Å². The minimum atomic E-state index is -2.98. The van der Waals surface area contributed by atoms with Crippen molar-refractivity contribution in [3.63, 3.8) is 0 Å². The van der Waals surface area contributed by atoms with Gasteiger partial charge >= 0.3 is 0 Å². The van der Waals surface area contributed by atoms with E-state index in [0.29, 0.717) is 30.4 Å². The van der Waals surface area contributed by atoms with Crippen LogP contribution in [0.25, 0.3) is 0 Å². The van der Waals surface area contributed by atoms with Gasteiger partial charge in [-0.3, -0.25) is 4.79 Å². The Labute approximate surface area is 142 Å². The number of hydrogen-bond acceptors (Lipinski definition) is 5. The van der Waals surface area contributed by atoms with Gasteiger partial charge in [0.05, 0.1) is 12.0 Å². The standard InChI is InChI=1S/C17H17F2N3O3/c1-10-20-13(25-21-10)9-24-12-7-22(8-12)16(23)15-14(17(15,18)19)11-5-3-2-4-6-11/h2-6,12,14-15H,7-9H2,1H3/t14-,15+/m1/s1. The normalized spacial score (nSPS) is 24.8. The molecule has 1 aromatic heterocycles. The van der Waals surface area contributed by atoms with E-state index in [1.54, 1.807) is 37.3 Å². The SMILES string of the molecule is Cc1noc(COC2CN(C(=O)[C@@H]3[C@@H](c4ccccc4)C3(F)F)C2)n1. The minimum Gasteiger partial charge on any atom is -0.365 e. The lowest BCUT2D eigenvalue weighted by Gasteiger charge is -2.38. The first kappa shape index (κ1) is 16.1. The van der Waals surface area contributed by atoms with Crippen LogP contribution in [0, 0.1) is 12.8 Å². The molecule has 0 bridgehead atoms. The van der Waals surface area contributed by atoms with E-state index in [1.807, 2.05) is 0 Å². The molecule has 1 aliphatic heterocycles. The third kappa shape index (κ3) is 2.90. The summed E-state index contributed by atoms with van der Waals surface area (Å²) in [6, 6.07) is 8.46. The van der Waals surface area contributed by atoms with Gasteiger partial charge in [0.25, 0.3) is 11.8 Å². The zero-order valence-corrected chi connectivity index (χ0v) is 13.6. The molecule has 25 heavy (non-hydrogen) atoms. The highest BCUT2D eigenvalue weighted by atomic mass is 19.3. The summed E-state index contributed by atoms with van der Waals surface area (Å²) in [6.45, 7) is 2.47. The first-order chi connectivity index (χ1) is 12.0. The molecule has 1 aromatic carbocycles. The molecule has 1 saturated heterocycles. The summed E-state index contributed by atoms with van der Waals surface area (Å²) in [6.07, 6.45) is -0.196. The summed E-state index contributed by atoms with van der Waals surface area (Å²) in [7, 11) is 0. The van der Waals surface area contributed by atoms with Crippen LogP contribution >= 0.6 is 0 Å². The smallest absolute Gasteiger partial charge is 0.268 e. The Balaban J connectivity index is 1.30. The Morgan fingerprint density at radius 1 is 1.36 bits per heavy atom. The van der Waals surface area contributed by atoms with Gasteiger partial charge in [0, 0.05) is 13.1 Å². The number of nitrogens with zero attached hydrogens (tertiary/aromatic N) is 3. The van der Waals surface area contributed by atoms with Gasteiger partial charge in [-0.05, 0) is 12.5 Å². The number of amides is 1. The molecular weight excluding hydrogens is 332 g/mol. The second kappa shape index (κ2) is 5.87. The quantitative estimate of drug-likeness (QED) is 0.827. The highest BCUT2D eigenvalue weighted by molar-refractivity contribution is 5.86.